The summed E-state index contributed by atoms with van der Waals surface area (Å²) in [6.07, 6.45) is 3.73. The number of nitrogens with two attached hydrogens (primary N) is 1. The molecule has 3 N–H and O–H groups in total. The van der Waals surface area contributed by atoms with Crippen LogP contribution in [0, 0.1) is 5.41 Å². The molecule has 2 aliphatic heterocycles. The number of piperazine rings is 2. The Hall–Kier alpha value is -3.32. The number of nitrogens with one attached hydrogen (secondary N) is 1. The number of halogens is 1. The summed E-state index contributed by atoms with van der Waals surface area (Å²) in [5, 5.41) is 8.27. The average molecular weight is 628 g/mol. The van der Waals surface area contributed by atoms with E-state index in [9.17, 15) is 13.2 Å². The van der Waals surface area contributed by atoms with Crippen LogP contribution in [0.15, 0.2) is 53.5 Å². The Kier molecular flexibility index (Phi) is 8.29. The van der Waals surface area contributed by atoms with Crippen LogP contribution >= 0.6 is 11.6 Å². The summed E-state index contributed by atoms with van der Waals surface area (Å²) < 4.78 is 36.1. The zero-order chi connectivity index (χ0) is 30.2. The first-order valence-corrected chi connectivity index (χ1v) is 16.7. The summed E-state index contributed by atoms with van der Waals surface area (Å²) in [5.74, 6) is 0.0556. The van der Waals surface area contributed by atoms with Gasteiger partial charge in [-0.3, -0.25) is 4.79 Å². The molecule has 3 aromatic rings. The average Bonchev–Trinajstić information content (AvgIpc) is 3.75. The van der Waals surface area contributed by atoms with Gasteiger partial charge in [-0.1, -0.05) is 24.6 Å². The van der Waals surface area contributed by atoms with Crippen molar-refractivity contribution in [1.29, 1.82) is 0 Å². The number of nitrogen functional groups attached to an aromatic ring is 1. The Bertz CT molecular complexity index is 1650. The topological polar surface area (TPSA) is 126 Å². The molecule has 230 valence electrons. The van der Waals surface area contributed by atoms with Gasteiger partial charge in [0.15, 0.2) is 0 Å². The third-order valence-electron chi connectivity index (χ3n) is 8.56. The Balaban J connectivity index is 1.19. The number of nitrogens with zero attached hydrogens (tertiary/aromatic N) is 5. The van der Waals surface area contributed by atoms with Crippen molar-refractivity contribution in [2.75, 3.05) is 74.5 Å². The van der Waals surface area contributed by atoms with Crippen LogP contribution in [0.3, 0.4) is 0 Å². The number of rotatable bonds is 9. The van der Waals surface area contributed by atoms with E-state index in [1.54, 1.807) is 36.5 Å². The lowest BCUT2D eigenvalue weighted by Crippen LogP contribution is -2.49. The van der Waals surface area contributed by atoms with Gasteiger partial charge in [-0.05, 0) is 54.8 Å². The van der Waals surface area contributed by atoms with Crippen LogP contribution in [-0.2, 0) is 15.8 Å². The van der Waals surface area contributed by atoms with Crippen LogP contribution in [0.5, 0.6) is 5.75 Å². The lowest BCUT2D eigenvalue weighted by atomic mass is 10.1. The molecular weight excluding hydrogens is 590 g/mol. The Morgan fingerprint density at radius 1 is 1.00 bits per heavy atom. The molecule has 3 fully saturated rings. The van der Waals surface area contributed by atoms with Crippen molar-refractivity contribution in [1.82, 2.24) is 19.4 Å². The van der Waals surface area contributed by atoms with Crippen LogP contribution in [0.4, 0.5) is 17.1 Å². The summed E-state index contributed by atoms with van der Waals surface area (Å²) in [5.41, 5.74) is 9.09. The Morgan fingerprint density at radius 3 is 2.44 bits per heavy atom. The van der Waals surface area contributed by atoms with Gasteiger partial charge in [-0.25, -0.2) is 8.42 Å². The van der Waals surface area contributed by atoms with E-state index < -0.39 is 10.0 Å². The predicted molar refractivity (Wildman–Crippen MR) is 170 cm³/mol. The molecule has 0 spiro atoms. The number of aromatic nitrogens is 2. The first-order chi connectivity index (χ1) is 20.6. The number of anilines is 3. The van der Waals surface area contributed by atoms with Crippen LogP contribution in [-0.4, -0.2) is 81.5 Å². The second kappa shape index (κ2) is 12.0. The zero-order valence-corrected chi connectivity index (χ0v) is 25.9. The predicted octanol–water partition coefficient (Wildman–Crippen LogP) is 2.71. The molecule has 2 aromatic carbocycles. The van der Waals surface area contributed by atoms with Crippen LogP contribution in [0.25, 0.3) is 5.69 Å². The van der Waals surface area contributed by atoms with Gasteiger partial charge >= 0.3 is 5.56 Å². The molecule has 2 saturated heterocycles. The van der Waals surface area contributed by atoms with Gasteiger partial charge < -0.3 is 25.6 Å². The summed E-state index contributed by atoms with van der Waals surface area (Å²) in [7, 11) is -3.63. The molecular formula is C30H38ClN7O4S. The second-order valence-electron chi connectivity index (χ2n) is 11.9. The maximum atomic E-state index is 13.7. The fourth-order valence-electron chi connectivity index (χ4n) is 5.52. The standard InChI is InChI=1S/C30H38ClN7O4S/c1-30(7-8-30)21-42-28-27(19-34-38(29(28)39)25-4-2-3-23(31)18-25)36-13-15-37(16-14-36)43(40,41)20-22-17-24(5-6-26(22)32)35-11-9-33-10-12-35/h2-6,17-19,33H,7-16,20-21,32H2,1H3. The van der Waals surface area contributed by atoms with Gasteiger partial charge in [0.1, 0.15) is 5.69 Å². The van der Waals surface area contributed by atoms with E-state index in [1.165, 1.54) is 8.99 Å². The van der Waals surface area contributed by atoms with Crippen molar-refractivity contribution in [3.8, 4) is 11.4 Å². The molecule has 0 amide bonds. The maximum Gasteiger partial charge on any atom is 0.316 e. The number of hydrogen-bond acceptors (Lipinski definition) is 9. The van der Waals surface area contributed by atoms with Gasteiger partial charge in [0.25, 0.3) is 0 Å². The fraction of sp³-hybridized carbons (Fsp3) is 0.467. The summed E-state index contributed by atoms with van der Waals surface area (Å²) in [6, 6.07) is 12.6. The monoisotopic (exact) mass is 627 g/mol. The minimum absolute atomic E-state index is 0.0602. The molecule has 11 nitrogen and oxygen atoms in total. The lowest BCUT2D eigenvalue weighted by Gasteiger charge is -2.36. The van der Waals surface area contributed by atoms with Crippen molar-refractivity contribution < 1.29 is 13.2 Å². The molecule has 6 rings (SSSR count). The summed E-state index contributed by atoms with van der Waals surface area (Å²) in [4.78, 5) is 17.9. The van der Waals surface area contributed by atoms with Crippen molar-refractivity contribution in [3.05, 3.63) is 69.6 Å². The van der Waals surface area contributed by atoms with Crippen LogP contribution < -0.4 is 31.1 Å². The minimum Gasteiger partial charge on any atom is -0.486 e. The first kappa shape index (κ1) is 29.7. The molecule has 1 saturated carbocycles. The van der Waals surface area contributed by atoms with E-state index >= 15 is 0 Å². The van der Waals surface area contributed by atoms with E-state index in [1.807, 2.05) is 17.0 Å². The normalized spacial score (nSPS) is 18.9. The molecule has 1 aliphatic carbocycles. The van der Waals surface area contributed by atoms with E-state index in [0.29, 0.717) is 47.3 Å². The first-order valence-electron chi connectivity index (χ1n) is 14.7. The molecule has 1 aromatic heterocycles. The summed E-state index contributed by atoms with van der Waals surface area (Å²) >= 11 is 6.17. The van der Waals surface area contributed by atoms with Gasteiger partial charge in [-0.15, -0.1) is 0 Å². The highest BCUT2D eigenvalue weighted by Crippen LogP contribution is 2.45. The van der Waals surface area contributed by atoms with Gasteiger partial charge in [-0.2, -0.15) is 14.1 Å². The molecule has 0 unspecified atom stereocenters. The fourth-order valence-corrected chi connectivity index (χ4v) is 7.25. The Labute approximate surface area is 257 Å². The molecule has 3 heterocycles. The zero-order valence-electron chi connectivity index (χ0n) is 24.3. The van der Waals surface area contributed by atoms with E-state index in [0.717, 1.165) is 44.7 Å². The Morgan fingerprint density at radius 2 is 1.74 bits per heavy atom. The van der Waals surface area contributed by atoms with Gasteiger partial charge in [0.05, 0.1) is 24.2 Å². The number of hydrogen-bond donors (Lipinski definition) is 2. The SMILES string of the molecule is CC1(COc2c(N3CCN(S(=O)(=O)Cc4cc(N5CCNCC5)ccc4N)CC3)cnn(-c3cccc(Cl)c3)c2=O)CC1. The molecule has 3 aliphatic rings. The minimum atomic E-state index is -3.63. The maximum absolute atomic E-state index is 13.7. The second-order valence-corrected chi connectivity index (χ2v) is 14.3. The van der Waals surface area contributed by atoms with E-state index in [4.69, 9.17) is 22.1 Å². The quantitative estimate of drug-likeness (QED) is 0.344. The van der Waals surface area contributed by atoms with Crippen molar-refractivity contribution in [2.24, 2.45) is 5.41 Å². The van der Waals surface area contributed by atoms with Crippen molar-refractivity contribution in [2.45, 2.75) is 25.5 Å². The van der Waals surface area contributed by atoms with Crippen LogP contribution in [0.2, 0.25) is 5.02 Å². The molecule has 13 heteroatoms. The molecule has 43 heavy (non-hydrogen) atoms. The number of ether oxygens (including phenoxy) is 1. The number of sulfonamides is 1. The van der Waals surface area contributed by atoms with Crippen molar-refractivity contribution in [3.63, 3.8) is 0 Å². The van der Waals surface area contributed by atoms with E-state index in [2.05, 4.69) is 22.2 Å². The van der Waals surface area contributed by atoms with E-state index in [-0.39, 0.29) is 35.6 Å². The van der Waals surface area contributed by atoms with Gasteiger partial charge in [0, 0.05) is 74.2 Å². The highest BCUT2D eigenvalue weighted by molar-refractivity contribution is 7.88. The highest BCUT2D eigenvalue weighted by atomic mass is 35.5. The van der Waals surface area contributed by atoms with Crippen molar-refractivity contribution >= 4 is 38.7 Å². The summed E-state index contributed by atoms with van der Waals surface area (Å²) in [6.45, 7) is 7.40. The smallest absolute Gasteiger partial charge is 0.316 e. The molecule has 0 atom stereocenters. The third kappa shape index (κ3) is 6.62. The third-order valence-corrected chi connectivity index (χ3v) is 10.6. The largest absolute Gasteiger partial charge is 0.486 e. The molecule has 0 radical (unpaired) electrons. The number of benzene rings is 2. The van der Waals surface area contributed by atoms with Crippen LogP contribution in [0.1, 0.15) is 25.3 Å². The highest BCUT2D eigenvalue weighted by Gasteiger charge is 2.39. The lowest BCUT2D eigenvalue weighted by molar-refractivity contribution is 0.242. The molecule has 0 bridgehead atoms. The van der Waals surface area contributed by atoms with Gasteiger partial charge in [0.2, 0.25) is 15.8 Å².